The topological polar surface area (TPSA) is 92.2 Å². The zero-order valence-corrected chi connectivity index (χ0v) is 20.4. The van der Waals surface area contributed by atoms with Gasteiger partial charge in [0.05, 0.1) is 5.52 Å². The van der Waals surface area contributed by atoms with Gasteiger partial charge in [-0.1, -0.05) is 45.7 Å². The molecule has 0 saturated carbocycles. The molecule has 3 rings (SSSR count). The molecule has 0 bridgehead atoms. The van der Waals surface area contributed by atoms with Gasteiger partial charge in [0.15, 0.2) is 0 Å². The molecule has 0 radical (unpaired) electrons. The van der Waals surface area contributed by atoms with Crippen LogP contribution >= 0.6 is 31.9 Å². The molecule has 2 aromatic carbocycles. The standard InChI is InChI=1S/C22H22Br2N4O3/c1-12(2)11-25-21(30)22(31)27-28-18-7-4-15(23)9-14(18)10-19(28)20(29)26-16-5-6-17(24)13(3)8-16/h4-10,12H,11H2,1-3H3,(H,25,30)(H,26,29)(H,27,31). The van der Waals surface area contributed by atoms with Crippen molar-refractivity contribution in [1.82, 2.24) is 9.99 Å². The number of rotatable bonds is 5. The Bertz CT molecular complexity index is 1170. The maximum absolute atomic E-state index is 13.0. The highest BCUT2D eigenvalue weighted by molar-refractivity contribution is 9.10. The first-order chi connectivity index (χ1) is 14.7. The van der Waals surface area contributed by atoms with E-state index < -0.39 is 17.7 Å². The van der Waals surface area contributed by atoms with E-state index in [-0.39, 0.29) is 11.6 Å². The number of anilines is 1. The van der Waals surface area contributed by atoms with Crippen LogP contribution < -0.4 is 16.1 Å². The van der Waals surface area contributed by atoms with E-state index >= 15 is 0 Å². The quantitative estimate of drug-likeness (QED) is 0.407. The van der Waals surface area contributed by atoms with Gasteiger partial charge in [0, 0.05) is 26.6 Å². The fourth-order valence-corrected chi connectivity index (χ4v) is 3.55. The normalized spacial score (nSPS) is 10.9. The molecule has 31 heavy (non-hydrogen) atoms. The van der Waals surface area contributed by atoms with Crippen molar-refractivity contribution >= 4 is 66.2 Å². The van der Waals surface area contributed by atoms with Gasteiger partial charge in [-0.15, -0.1) is 0 Å². The van der Waals surface area contributed by atoms with Crippen LogP contribution in [0.4, 0.5) is 5.69 Å². The van der Waals surface area contributed by atoms with Gasteiger partial charge >= 0.3 is 11.8 Å². The lowest BCUT2D eigenvalue weighted by Crippen LogP contribution is -2.41. The number of nitrogens with one attached hydrogen (secondary N) is 3. The molecule has 0 fully saturated rings. The van der Waals surface area contributed by atoms with Gasteiger partial charge in [0.2, 0.25) is 0 Å². The van der Waals surface area contributed by atoms with Crippen molar-refractivity contribution < 1.29 is 14.4 Å². The lowest BCUT2D eigenvalue weighted by molar-refractivity contribution is -0.136. The molecular formula is C22H22Br2N4O3. The van der Waals surface area contributed by atoms with Crippen molar-refractivity contribution in [3.8, 4) is 0 Å². The van der Waals surface area contributed by atoms with Crippen molar-refractivity contribution in [2.24, 2.45) is 5.92 Å². The van der Waals surface area contributed by atoms with Crippen molar-refractivity contribution in [3.63, 3.8) is 0 Å². The van der Waals surface area contributed by atoms with Gasteiger partial charge < -0.3 is 10.6 Å². The highest BCUT2D eigenvalue weighted by Gasteiger charge is 2.21. The molecule has 3 N–H and O–H groups in total. The van der Waals surface area contributed by atoms with E-state index in [0.29, 0.717) is 17.7 Å². The molecule has 3 amide bonds. The minimum atomic E-state index is -0.852. The second-order valence-corrected chi connectivity index (χ2v) is 9.30. The average Bonchev–Trinajstić information content (AvgIpc) is 3.06. The molecule has 0 saturated heterocycles. The molecule has 9 heteroatoms. The van der Waals surface area contributed by atoms with Crippen molar-refractivity contribution in [1.29, 1.82) is 0 Å². The Morgan fingerprint density at radius 1 is 1.00 bits per heavy atom. The van der Waals surface area contributed by atoms with Crippen LogP contribution in [0.3, 0.4) is 0 Å². The third kappa shape index (κ3) is 5.54. The Kier molecular flexibility index (Phi) is 7.17. The maximum Gasteiger partial charge on any atom is 0.328 e. The number of benzene rings is 2. The summed E-state index contributed by atoms with van der Waals surface area (Å²) >= 11 is 6.85. The number of amides is 3. The molecule has 0 spiro atoms. The Morgan fingerprint density at radius 2 is 1.74 bits per heavy atom. The van der Waals surface area contributed by atoms with Gasteiger partial charge in [-0.3, -0.25) is 19.8 Å². The van der Waals surface area contributed by atoms with Crippen LogP contribution in [0.15, 0.2) is 51.4 Å². The largest absolute Gasteiger partial charge is 0.348 e. The van der Waals surface area contributed by atoms with Crippen LogP contribution in [0, 0.1) is 12.8 Å². The van der Waals surface area contributed by atoms with Crippen molar-refractivity contribution in [3.05, 3.63) is 62.7 Å². The summed E-state index contributed by atoms with van der Waals surface area (Å²) in [4.78, 5) is 37.7. The predicted molar refractivity (Wildman–Crippen MR) is 129 cm³/mol. The molecule has 0 aliphatic rings. The summed E-state index contributed by atoms with van der Waals surface area (Å²) in [7, 11) is 0. The molecule has 0 aliphatic carbocycles. The van der Waals surface area contributed by atoms with Crippen molar-refractivity contribution in [2.45, 2.75) is 20.8 Å². The summed E-state index contributed by atoms with van der Waals surface area (Å²) in [5.41, 5.74) is 4.91. The van der Waals surface area contributed by atoms with Crippen molar-refractivity contribution in [2.75, 3.05) is 17.3 Å². The number of aryl methyl sites for hydroxylation is 1. The van der Waals surface area contributed by atoms with Crippen LogP contribution in [0.5, 0.6) is 0 Å². The van der Waals surface area contributed by atoms with Gasteiger partial charge in [0.25, 0.3) is 5.91 Å². The predicted octanol–water partition coefficient (Wildman–Crippen LogP) is 4.57. The second kappa shape index (κ2) is 9.65. The molecule has 1 aromatic heterocycles. The maximum atomic E-state index is 13.0. The molecule has 0 unspecified atom stereocenters. The van der Waals surface area contributed by atoms with Crippen LogP contribution in [-0.2, 0) is 9.59 Å². The minimum Gasteiger partial charge on any atom is -0.348 e. The van der Waals surface area contributed by atoms with E-state index in [2.05, 4.69) is 47.9 Å². The lowest BCUT2D eigenvalue weighted by atomic mass is 10.2. The SMILES string of the molecule is Cc1cc(NC(=O)c2cc3cc(Br)ccc3n2NC(=O)C(=O)NCC(C)C)ccc1Br. The third-order valence-corrected chi connectivity index (χ3v) is 5.89. The highest BCUT2D eigenvalue weighted by atomic mass is 79.9. The van der Waals surface area contributed by atoms with E-state index in [1.54, 1.807) is 24.3 Å². The second-order valence-electron chi connectivity index (χ2n) is 7.53. The van der Waals surface area contributed by atoms with Gasteiger partial charge in [0.1, 0.15) is 5.69 Å². The van der Waals surface area contributed by atoms with Gasteiger partial charge in [-0.25, -0.2) is 4.68 Å². The van der Waals surface area contributed by atoms with Gasteiger partial charge in [-0.05, 0) is 60.9 Å². The Labute approximate surface area is 196 Å². The van der Waals surface area contributed by atoms with Crippen LogP contribution in [0.1, 0.15) is 29.9 Å². The number of hydrogen-bond donors (Lipinski definition) is 3. The first-order valence-electron chi connectivity index (χ1n) is 9.63. The molecule has 0 aliphatic heterocycles. The minimum absolute atomic E-state index is 0.193. The molecule has 3 aromatic rings. The van der Waals surface area contributed by atoms with Crippen LogP contribution in [0.2, 0.25) is 0 Å². The molecular weight excluding hydrogens is 528 g/mol. The number of aromatic nitrogens is 1. The fraction of sp³-hybridized carbons (Fsp3) is 0.227. The number of fused-ring (bicyclic) bond motifs is 1. The van der Waals surface area contributed by atoms with Crippen LogP contribution in [0.25, 0.3) is 10.9 Å². The monoisotopic (exact) mass is 548 g/mol. The van der Waals surface area contributed by atoms with E-state index in [1.165, 1.54) is 4.68 Å². The van der Waals surface area contributed by atoms with E-state index in [4.69, 9.17) is 0 Å². The zero-order valence-electron chi connectivity index (χ0n) is 17.3. The van der Waals surface area contributed by atoms with E-state index in [9.17, 15) is 14.4 Å². The summed E-state index contributed by atoms with van der Waals surface area (Å²) in [5, 5.41) is 6.15. The average molecular weight is 550 g/mol. The van der Waals surface area contributed by atoms with Gasteiger partial charge in [-0.2, -0.15) is 0 Å². The summed E-state index contributed by atoms with van der Waals surface area (Å²) in [6.45, 7) is 6.16. The summed E-state index contributed by atoms with van der Waals surface area (Å²) in [5.74, 6) is -1.83. The first kappa shape index (κ1) is 23.0. The highest BCUT2D eigenvalue weighted by Crippen LogP contribution is 2.25. The molecule has 162 valence electrons. The summed E-state index contributed by atoms with van der Waals surface area (Å²) in [6.07, 6.45) is 0. The van der Waals surface area contributed by atoms with E-state index in [0.717, 1.165) is 19.9 Å². The van der Waals surface area contributed by atoms with E-state index in [1.807, 2.05) is 39.0 Å². The Balaban J connectivity index is 1.92. The Hall–Kier alpha value is -2.65. The summed E-state index contributed by atoms with van der Waals surface area (Å²) in [6, 6.07) is 12.5. The third-order valence-electron chi connectivity index (χ3n) is 4.50. The fourth-order valence-electron chi connectivity index (χ4n) is 2.92. The molecule has 0 atom stereocenters. The smallest absolute Gasteiger partial charge is 0.328 e. The van der Waals surface area contributed by atoms with Crippen LogP contribution in [-0.4, -0.2) is 28.9 Å². The number of nitrogens with zero attached hydrogens (tertiary/aromatic N) is 1. The number of carbonyl (C=O) groups excluding carboxylic acids is 3. The number of halogens is 2. The Morgan fingerprint density at radius 3 is 2.42 bits per heavy atom. The molecule has 1 heterocycles. The molecule has 7 nitrogen and oxygen atoms in total. The lowest BCUT2D eigenvalue weighted by Gasteiger charge is -2.13. The number of carbonyl (C=O) groups is 3. The number of hydrogen-bond acceptors (Lipinski definition) is 3. The zero-order chi connectivity index (χ0) is 22.7. The summed E-state index contributed by atoms with van der Waals surface area (Å²) < 4.78 is 3.10. The first-order valence-corrected chi connectivity index (χ1v) is 11.2.